The molecular weight excluding hydrogens is 302 g/mol. The Labute approximate surface area is 141 Å². The van der Waals surface area contributed by atoms with Crippen molar-refractivity contribution < 1.29 is 9.90 Å². The lowest BCUT2D eigenvalue weighted by Crippen LogP contribution is -2.32. The van der Waals surface area contributed by atoms with Crippen molar-refractivity contribution in [3.8, 4) is 0 Å². The van der Waals surface area contributed by atoms with E-state index in [0.717, 1.165) is 17.5 Å². The number of aliphatic hydroxyl groups is 1. The molecule has 1 aromatic heterocycles. The molecule has 5 heteroatoms. The van der Waals surface area contributed by atoms with Crippen LogP contribution in [0, 0.1) is 5.41 Å². The average Bonchev–Trinajstić information content (AvgIpc) is 2.87. The normalized spacial score (nSPS) is 21.5. The van der Waals surface area contributed by atoms with E-state index in [-0.39, 0.29) is 17.0 Å². The lowest BCUT2D eigenvalue weighted by Gasteiger charge is -2.31. The van der Waals surface area contributed by atoms with Gasteiger partial charge in [0, 0.05) is 12.8 Å². The summed E-state index contributed by atoms with van der Waals surface area (Å²) in [5, 5.41) is 10.4. The maximum atomic E-state index is 12.6. The number of para-hydroxylation sites is 2. The van der Waals surface area contributed by atoms with Crippen LogP contribution in [0.3, 0.4) is 0 Å². The Morgan fingerprint density at radius 1 is 1.33 bits per heavy atom. The SMILES string of the molecule is CCCC(O)=C1C(=O)CC(C)(C)CC1=Nc1nc2ccccc2[nH]1. The second-order valence-corrected chi connectivity index (χ2v) is 7.15. The number of carbonyl (C=O) groups is 1. The topological polar surface area (TPSA) is 78.3 Å². The first-order chi connectivity index (χ1) is 11.4. The van der Waals surface area contributed by atoms with E-state index in [4.69, 9.17) is 0 Å². The molecule has 2 aromatic rings. The van der Waals surface area contributed by atoms with E-state index in [1.54, 1.807) is 0 Å². The number of aliphatic imine (C=N–C) groups is 1. The minimum Gasteiger partial charge on any atom is -0.511 e. The Morgan fingerprint density at radius 2 is 2.08 bits per heavy atom. The molecule has 0 saturated heterocycles. The van der Waals surface area contributed by atoms with E-state index >= 15 is 0 Å². The smallest absolute Gasteiger partial charge is 0.228 e. The zero-order chi connectivity index (χ0) is 17.3. The standard InChI is InChI=1S/C19H23N3O2/c1-4-7-15(23)17-14(10-19(2,3)11-16(17)24)22-18-20-12-8-5-6-9-13(12)21-18/h5-6,8-9,23H,4,7,10-11H2,1-3H3,(H,20,21). The predicted molar refractivity (Wildman–Crippen MR) is 95.8 cm³/mol. The van der Waals surface area contributed by atoms with Crippen molar-refractivity contribution in [2.75, 3.05) is 0 Å². The fourth-order valence-corrected chi connectivity index (χ4v) is 3.19. The van der Waals surface area contributed by atoms with Gasteiger partial charge in [0.1, 0.15) is 5.76 Å². The third-order valence-corrected chi connectivity index (χ3v) is 4.25. The molecule has 1 heterocycles. The number of rotatable bonds is 3. The number of nitrogens with one attached hydrogen (secondary N) is 1. The summed E-state index contributed by atoms with van der Waals surface area (Å²) in [5.74, 6) is 0.582. The van der Waals surface area contributed by atoms with Crippen molar-refractivity contribution in [1.82, 2.24) is 9.97 Å². The largest absolute Gasteiger partial charge is 0.511 e. The third kappa shape index (κ3) is 3.25. The van der Waals surface area contributed by atoms with E-state index in [1.165, 1.54) is 0 Å². The number of aromatic amines is 1. The molecule has 0 spiro atoms. The number of imidazole rings is 1. The van der Waals surface area contributed by atoms with Crippen LogP contribution in [0.5, 0.6) is 0 Å². The second kappa shape index (κ2) is 6.23. The van der Waals surface area contributed by atoms with Gasteiger partial charge >= 0.3 is 0 Å². The summed E-state index contributed by atoms with van der Waals surface area (Å²) in [5.41, 5.74) is 2.58. The van der Waals surface area contributed by atoms with Gasteiger partial charge in [0.05, 0.1) is 22.3 Å². The first kappa shape index (κ1) is 16.4. The fraction of sp³-hybridized carbons (Fsp3) is 0.421. The molecule has 1 aliphatic carbocycles. The molecule has 0 unspecified atom stereocenters. The van der Waals surface area contributed by atoms with Gasteiger partial charge in [-0.1, -0.05) is 32.9 Å². The number of nitrogens with zero attached hydrogens (tertiary/aromatic N) is 2. The fourth-order valence-electron chi connectivity index (χ4n) is 3.19. The van der Waals surface area contributed by atoms with Gasteiger partial charge in [-0.15, -0.1) is 0 Å². The Kier molecular flexibility index (Phi) is 4.26. The van der Waals surface area contributed by atoms with Crippen molar-refractivity contribution in [1.29, 1.82) is 0 Å². The van der Waals surface area contributed by atoms with Crippen molar-refractivity contribution in [2.24, 2.45) is 10.4 Å². The number of hydrogen-bond acceptors (Lipinski definition) is 4. The first-order valence-electron chi connectivity index (χ1n) is 8.37. The molecule has 5 nitrogen and oxygen atoms in total. The van der Waals surface area contributed by atoms with Crippen molar-refractivity contribution in [3.63, 3.8) is 0 Å². The molecule has 24 heavy (non-hydrogen) atoms. The zero-order valence-electron chi connectivity index (χ0n) is 14.4. The maximum absolute atomic E-state index is 12.6. The lowest BCUT2D eigenvalue weighted by atomic mass is 9.73. The van der Waals surface area contributed by atoms with Crippen molar-refractivity contribution >= 4 is 28.5 Å². The van der Waals surface area contributed by atoms with Gasteiger partial charge in [0.2, 0.25) is 5.95 Å². The number of carbonyl (C=O) groups excluding carboxylic acids is 1. The highest BCUT2D eigenvalue weighted by Crippen LogP contribution is 2.36. The van der Waals surface area contributed by atoms with Gasteiger partial charge in [-0.3, -0.25) is 4.79 Å². The Morgan fingerprint density at radius 3 is 2.79 bits per heavy atom. The second-order valence-electron chi connectivity index (χ2n) is 7.15. The molecule has 1 aliphatic rings. The molecular formula is C19H23N3O2. The number of benzene rings is 1. The summed E-state index contributed by atoms with van der Waals surface area (Å²) in [6, 6.07) is 7.71. The van der Waals surface area contributed by atoms with Crippen LogP contribution < -0.4 is 0 Å². The molecule has 1 saturated carbocycles. The number of allylic oxidation sites excluding steroid dienone is 2. The van der Waals surface area contributed by atoms with Gasteiger partial charge < -0.3 is 10.1 Å². The molecule has 0 radical (unpaired) electrons. The van der Waals surface area contributed by atoms with E-state index in [2.05, 4.69) is 15.0 Å². The van der Waals surface area contributed by atoms with Crippen LogP contribution in [-0.2, 0) is 4.79 Å². The number of fused-ring (bicyclic) bond motifs is 1. The van der Waals surface area contributed by atoms with E-state index < -0.39 is 0 Å². The third-order valence-electron chi connectivity index (χ3n) is 4.25. The molecule has 1 aromatic carbocycles. The number of ketones is 1. The number of aliphatic hydroxyl groups excluding tert-OH is 1. The van der Waals surface area contributed by atoms with E-state index in [9.17, 15) is 9.90 Å². The average molecular weight is 325 g/mol. The lowest BCUT2D eigenvalue weighted by molar-refractivity contribution is -0.117. The molecule has 1 fully saturated rings. The number of Topliss-reactive ketones (excluding diaryl/α,β-unsaturated/α-hetero) is 1. The molecule has 0 aliphatic heterocycles. The molecule has 3 rings (SSSR count). The summed E-state index contributed by atoms with van der Waals surface area (Å²) < 4.78 is 0. The van der Waals surface area contributed by atoms with Crippen LogP contribution in [0.1, 0.15) is 46.5 Å². The van der Waals surface area contributed by atoms with Crippen LogP contribution in [0.2, 0.25) is 0 Å². The van der Waals surface area contributed by atoms with Crippen molar-refractivity contribution in [3.05, 3.63) is 35.6 Å². The van der Waals surface area contributed by atoms with Crippen LogP contribution in [0.15, 0.2) is 40.6 Å². The van der Waals surface area contributed by atoms with Gasteiger partial charge in [-0.25, -0.2) is 9.98 Å². The van der Waals surface area contributed by atoms with Crippen LogP contribution in [0.25, 0.3) is 11.0 Å². The highest BCUT2D eigenvalue weighted by molar-refractivity contribution is 6.25. The summed E-state index contributed by atoms with van der Waals surface area (Å²) in [7, 11) is 0. The van der Waals surface area contributed by atoms with Gasteiger partial charge in [-0.2, -0.15) is 0 Å². The predicted octanol–water partition coefficient (Wildman–Crippen LogP) is 4.64. The van der Waals surface area contributed by atoms with Crippen LogP contribution in [-0.4, -0.2) is 26.6 Å². The Hall–Kier alpha value is -2.43. The molecule has 0 atom stereocenters. The van der Waals surface area contributed by atoms with Crippen molar-refractivity contribution in [2.45, 2.75) is 46.5 Å². The summed E-state index contributed by atoms with van der Waals surface area (Å²) >= 11 is 0. The van der Waals surface area contributed by atoms with Gasteiger partial charge in [0.15, 0.2) is 5.78 Å². The van der Waals surface area contributed by atoms with Crippen LogP contribution >= 0.6 is 0 Å². The number of aromatic nitrogens is 2. The molecule has 0 bridgehead atoms. The monoisotopic (exact) mass is 325 g/mol. The van der Waals surface area contributed by atoms with E-state index in [1.807, 2.05) is 45.0 Å². The summed E-state index contributed by atoms with van der Waals surface area (Å²) in [6.45, 7) is 6.07. The van der Waals surface area contributed by atoms with Gasteiger partial charge in [-0.05, 0) is 30.4 Å². The maximum Gasteiger partial charge on any atom is 0.228 e. The molecule has 126 valence electrons. The Balaban J connectivity index is 2.08. The minimum atomic E-state index is -0.169. The Bertz CT molecular complexity index is 810. The minimum absolute atomic E-state index is 0.0351. The summed E-state index contributed by atoms with van der Waals surface area (Å²) in [4.78, 5) is 24.8. The van der Waals surface area contributed by atoms with E-state index in [0.29, 0.717) is 36.5 Å². The number of hydrogen-bond donors (Lipinski definition) is 2. The highest BCUT2D eigenvalue weighted by atomic mass is 16.3. The molecule has 2 N–H and O–H groups in total. The first-order valence-corrected chi connectivity index (χ1v) is 8.37. The summed E-state index contributed by atoms with van der Waals surface area (Å²) in [6.07, 6.45) is 2.33. The molecule has 0 amide bonds. The van der Waals surface area contributed by atoms with Crippen LogP contribution in [0.4, 0.5) is 5.95 Å². The highest BCUT2D eigenvalue weighted by Gasteiger charge is 2.36. The number of H-pyrrole nitrogens is 1. The quantitative estimate of drug-likeness (QED) is 0.637. The van der Waals surface area contributed by atoms with Gasteiger partial charge in [0.25, 0.3) is 0 Å². The zero-order valence-corrected chi connectivity index (χ0v) is 14.4.